The molecule has 15 heteroatoms. The van der Waals surface area contributed by atoms with Crippen LogP contribution in [0.15, 0.2) is 28.7 Å². The SMILES string of the molecule is COC(=O)CCCN(CCCC(=O)OC)Cc1cc(N(C)C)c2c(c1O)C(=O)C1=C(O)[C@]3(O)C(=O)C(C(N)=O)=C(O)[C@H](N(C)C)[C@@H]3C[C@@H]1C2. The number of benzene rings is 1. The lowest BCUT2D eigenvalue weighted by Crippen LogP contribution is -2.63. The van der Waals surface area contributed by atoms with Crippen molar-refractivity contribution in [3.05, 3.63) is 45.4 Å². The molecule has 0 saturated carbocycles. The predicted octanol–water partition coefficient (Wildman–Crippen LogP) is 0.895. The monoisotopic (exact) mass is 686 g/mol. The lowest BCUT2D eigenvalue weighted by molar-refractivity contribution is -0.148. The van der Waals surface area contributed by atoms with Crippen LogP contribution >= 0.6 is 0 Å². The molecule has 0 radical (unpaired) electrons. The van der Waals surface area contributed by atoms with E-state index in [0.29, 0.717) is 42.7 Å². The van der Waals surface area contributed by atoms with E-state index in [-0.39, 0.29) is 61.1 Å². The Kier molecular flexibility index (Phi) is 11.1. The predicted molar refractivity (Wildman–Crippen MR) is 176 cm³/mol. The minimum atomic E-state index is -2.74. The van der Waals surface area contributed by atoms with E-state index in [1.54, 1.807) is 39.2 Å². The van der Waals surface area contributed by atoms with Crippen LogP contribution in [0.4, 0.5) is 5.69 Å². The van der Waals surface area contributed by atoms with Gasteiger partial charge in [-0.05, 0) is 70.4 Å². The van der Waals surface area contributed by atoms with Gasteiger partial charge in [0, 0.05) is 56.2 Å². The van der Waals surface area contributed by atoms with Crippen LogP contribution in [0.2, 0.25) is 0 Å². The standard InChI is InChI=1S/C34H46N4O11/c1-36(2)21-15-18(16-38(11-7-9-22(39)48-5)12-8-10-23(40)49-6)28(41)25-19(21)13-17-14-20-27(37(3)4)30(43)26(33(35)46)32(45)34(20,47)31(44)24(17)29(25)42/h15,17,20,27,41,43-44,47H,7-14,16H2,1-6H3,(H2,35,46)/t17-,20-,27+,34-/m0/s1. The molecule has 0 bridgehead atoms. The highest BCUT2D eigenvalue weighted by atomic mass is 16.5. The van der Waals surface area contributed by atoms with E-state index in [2.05, 4.69) is 0 Å². The minimum absolute atomic E-state index is 0.0185. The lowest BCUT2D eigenvalue weighted by atomic mass is 9.58. The Morgan fingerprint density at radius 1 is 0.980 bits per heavy atom. The van der Waals surface area contributed by atoms with Gasteiger partial charge in [-0.3, -0.25) is 33.8 Å². The summed E-state index contributed by atoms with van der Waals surface area (Å²) in [6, 6.07) is 0.683. The number of phenolic OH excluding ortho intramolecular Hbond substituents is 1. The Labute approximate surface area is 284 Å². The van der Waals surface area contributed by atoms with Crippen molar-refractivity contribution in [1.82, 2.24) is 9.80 Å². The molecule has 0 aromatic heterocycles. The number of fused-ring (bicyclic) bond motifs is 3. The maximum absolute atomic E-state index is 14.4. The average Bonchev–Trinajstić information content (AvgIpc) is 3.02. The summed E-state index contributed by atoms with van der Waals surface area (Å²) in [6.07, 6.45) is 1.29. The lowest BCUT2D eigenvalue weighted by Gasteiger charge is -2.50. The van der Waals surface area contributed by atoms with Crippen molar-refractivity contribution in [3.63, 3.8) is 0 Å². The first-order chi connectivity index (χ1) is 23.0. The number of carbonyl (C=O) groups excluding carboxylic acids is 5. The largest absolute Gasteiger partial charge is 0.510 e. The molecule has 6 N–H and O–H groups in total. The minimum Gasteiger partial charge on any atom is -0.510 e. The Hall–Kier alpha value is -4.47. The van der Waals surface area contributed by atoms with Gasteiger partial charge in [0.25, 0.3) is 5.91 Å². The third-order valence-corrected chi connectivity index (χ3v) is 9.82. The molecule has 0 saturated heterocycles. The topological polar surface area (TPSA) is 220 Å². The van der Waals surface area contributed by atoms with Gasteiger partial charge in [0.05, 0.1) is 25.8 Å². The number of aromatic hydroxyl groups is 1. The summed E-state index contributed by atoms with van der Waals surface area (Å²) in [4.78, 5) is 69.0. The zero-order chi connectivity index (χ0) is 36.5. The fraction of sp³-hybridized carbons (Fsp3) is 0.559. The number of aliphatic hydroxyl groups is 3. The number of amides is 1. The number of allylic oxidation sites excluding steroid dienone is 1. The van der Waals surface area contributed by atoms with Crippen LogP contribution in [-0.2, 0) is 41.6 Å². The molecule has 4 rings (SSSR count). The fourth-order valence-corrected chi connectivity index (χ4v) is 7.48. The van der Waals surface area contributed by atoms with Crippen LogP contribution < -0.4 is 10.6 Å². The highest BCUT2D eigenvalue weighted by Gasteiger charge is 2.63. The normalized spacial score (nSPS) is 23.3. The van der Waals surface area contributed by atoms with Crippen molar-refractivity contribution in [2.45, 2.75) is 56.7 Å². The highest BCUT2D eigenvalue weighted by molar-refractivity contribution is 6.25. The van der Waals surface area contributed by atoms with Gasteiger partial charge in [0.2, 0.25) is 5.78 Å². The van der Waals surface area contributed by atoms with Gasteiger partial charge in [-0.25, -0.2) is 0 Å². The molecule has 0 spiro atoms. The second-order valence-electron chi connectivity index (χ2n) is 13.3. The molecule has 49 heavy (non-hydrogen) atoms. The van der Waals surface area contributed by atoms with Crippen LogP contribution in [-0.4, -0.2) is 127 Å². The zero-order valence-electron chi connectivity index (χ0n) is 28.7. The smallest absolute Gasteiger partial charge is 0.305 e. The Bertz CT molecular complexity index is 1590. The maximum Gasteiger partial charge on any atom is 0.305 e. The number of esters is 2. The van der Waals surface area contributed by atoms with Crippen molar-refractivity contribution in [2.75, 3.05) is 60.4 Å². The van der Waals surface area contributed by atoms with Gasteiger partial charge in [-0.2, -0.15) is 0 Å². The summed E-state index contributed by atoms with van der Waals surface area (Å²) in [6.45, 7) is 0.932. The maximum atomic E-state index is 14.4. The molecule has 1 aromatic rings. The van der Waals surface area contributed by atoms with Crippen molar-refractivity contribution < 1.29 is 53.9 Å². The number of nitrogens with two attached hydrogens (primary N) is 1. The van der Waals surface area contributed by atoms with Crippen LogP contribution in [0.5, 0.6) is 5.75 Å². The van der Waals surface area contributed by atoms with E-state index in [1.807, 2.05) is 4.90 Å². The number of likely N-dealkylation sites (N-methyl/N-ethyl adjacent to an activating group) is 1. The van der Waals surface area contributed by atoms with Crippen molar-refractivity contribution >= 4 is 35.1 Å². The number of hydrogen-bond donors (Lipinski definition) is 5. The fourth-order valence-electron chi connectivity index (χ4n) is 7.48. The van der Waals surface area contributed by atoms with E-state index in [1.165, 1.54) is 19.1 Å². The second-order valence-corrected chi connectivity index (χ2v) is 13.3. The van der Waals surface area contributed by atoms with Crippen molar-refractivity contribution in [3.8, 4) is 5.75 Å². The van der Waals surface area contributed by atoms with Crippen LogP contribution in [0, 0.1) is 11.8 Å². The van der Waals surface area contributed by atoms with E-state index in [4.69, 9.17) is 15.2 Å². The molecule has 0 unspecified atom stereocenters. The third-order valence-electron chi connectivity index (χ3n) is 9.82. The molecule has 0 aliphatic heterocycles. The summed E-state index contributed by atoms with van der Waals surface area (Å²) in [5, 5.41) is 46.3. The molecule has 0 heterocycles. The molecule has 4 atom stereocenters. The molecule has 3 aliphatic rings. The van der Waals surface area contributed by atoms with Crippen molar-refractivity contribution in [2.24, 2.45) is 17.6 Å². The first kappa shape index (κ1) is 37.4. The number of rotatable bonds is 13. The highest BCUT2D eigenvalue weighted by Crippen LogP contribution is 2.53. The molecule has 0 fully saturated rings. The first-order valence-corrected chi connectivity index (χ1v) is 16.1. The van der Waals surface area contributed by atoms with E-state index in [0.717, 1.165) is 0 Å². The summed E-state index contributed by atoms with van der Waals surface area (Å²) in [7, 11) is 9.31. The summed E-state index contributed by atoms with van der Waals surface area (Å²) in [5.41, 5.74) is 2.98. The van der Waals surface area contributed by atoms with Crippen molar-refractivity contribution in [1.29, 1.82) is 0 Å². The number of Topliss-reactive ketones (excluding diaryl/α,β-unsaturated/α-hetero) is 2. The van der Waals surface area contributed by atoms with Gasteiger partial charge in [0.15, 0.2) is 11.4 Å². The number of methoxy groups -OCH3 is 2. The molecule has 268 valence electrons. The molecular formula is C34H46N4O11. The Balaban J connectivity index is 1.80. The Morgan fingerprint density at radius 3 is 2.04 bits per heavy atom. The number of ether oxygens (including phenoxy) is 2. The van der Waals surface area contributed by atoms with Gasteiger partial charge < -0.3 is 40.5 Å². The number of ketones is 2. The molecule has 1 amide bonds. The molecule has 1 aromatic carbocycles. The number of primary amides is 1. The van der Waals surface area contributed by atoms with E-state index >= 15 is 0 Å². The van der Waals surface area contributed by atoms with Gasteiger partial charge in [-0.15, -0.1) is 0 Å². The van der Waals surface area contributed by atoms with Gasteiger partial charge in [0.1, 0.15) is 22.8 Å². The summed E-state index contributed by atoms with van der Waals surface area (Å²) >= 11 is 0. The van der Waals surface area contributed by atoms with Gasteiger partial charge in [-0.1, -0.05) is 0 Å². The van der Waals surface area contributed by atoms with Crippen LogP contribution in [0.1, 0.15) is 53.6 Å². The van der Waals surface area contributed by atoms with Crippen LogP contribution in [0.3, 0.4) is 0 Å². The number of anilines is 1. The summed E-state index contributed by atoms with van der Waals surface area (Å²) in [5.74, 6) is -7.88. The molecule has 3 aliphatic carbocycles. The quantitative estimate of drug-likeness (QED) is 0.144. The van der Waals surface area contributed by atoms with E-state index in [9.17, 15) is 44.4 Å². The number of carbonyl (C=O) groups is 5. The third kappa shape index (κ3) is 6.74. The first-order valence-electron chi connectivity index (χ1n) is 16.1. The zero-order valence-corrected chi connectivity index (χ0v) is 28.7. The second kappa shape index (κ2) is 14.6. The number of aliphatic hydroxyl groups excluding tert-OH is 2. The number of phenols is 1. The number of nitrogens with zero attached hydrogens (tertiary/aromatic N) is 3. The van der Waals surface area contributed by atoms with E-state index < -0.39 is 58.0 Å². The van der Waals surface area contributed by atoms with Gasteiger partial charge >= 0.3 is 11.9 Å². The Morgan fingerprint density at radius 2 is 1.55 bits per heavy atom. The molecular weight excluding hydrogens is 640 g/mol. The average molecular weight is 687 g/mol. The number of hydrogen-bond acceptors (Lipinski definition) is 14. The summed E-state index contributed by atoms with van der Waals surface area (Å²) < 4.78 is 9.49. The molecule has 15 nitrogen and oxygen atoms in total. The van der Waals surface area contributed by atoms with Crippen LogP contribution in [0.25, 0.3) is 0 Å².